The Morgan fingerprint density at radius 2 is 1.05 bits per heavy atom. The van der Waals surface area contributed by atoms with Crippen molar-refractivity contribution >= 4 is 30.2 Å². The molecule has 7 atom stereocenters. The number of esters is 2. The summed E-state index contributed by atoms with van der Waals surface area (Å²) in [6, 6.07) is 15.5. The topological polar surface area (TPSA) is 191 Å². The molecule has 1 heterocycles. The average Bonchev–Trinajstić information content (AvgIpc) is 3.65. The molecule has 0 radical (unpaired) electrons. The lowest BCUT2D eigenvalue weighted by Crippen LogP contribution is -2.68. The lowest BCUT2D eigenvalue weighted by Gasteiger charge is -2.44. The third-order valence-electron chi connectivity index (χ3n) is 15.2. The van der Waals surface area contributed by atoms with E-state index in [1.807, 2.05) is 0 Å². The Bertz CT molecular complexity index is 2050. The summed E-state index contributed by atoms with van der Waals surface area (Å²) in [4.78, 5) is 67.9. The normalized spacial score (nSPS) is 17.6. The Labute approximate surface area is 501 Å². The molecule has 2 aromatic carbocycles. The van der Waals surface area contributed by atoms with Gasteiger partial charge in [0.15, 0.2) is 18.5 Å². The van der Waals surface area contributed by atoms with E-state index in [1.165, 1.54) is 63.9 Å². The zero-order chi connectivity index (χ0) is 60.9. The van der Waals surface area contributed by atoms with Gasteiger partial charge in [-0.1, -0.05) is 254 Å². The molecule has 0 spiro atoms. The van der Waals surface area contributed by atoms with Crippen molar-refractivity contribution in [1.82, 2.24) is 5.32 Å². The zero-order valence-corrected chi connectivity index (χ0v) is 51.3. The monoisotopic (exact) mass is 1190 g/mol. The summed E-state index contributed by atoms with van der Waals surface area (Å²) in [6.45, 7) is 8.83. The number of hydrogen-bond donors (Lipinski definition) is 2. The lowest BCUT2D eigenvalue weighted by atomic mass is 9.95. The van der Waals surface area contributed by atoms with E-state index in [0.29, 0.717) is 36.8 Å². The molecule has 3 rings (SSSR count). The van der Waals surface area contributed by atoms with Gasteiger partial charge in [0, 0.05) is 6.42 Å². The molecule has 0 aromatic heterocycles. The number of unbranched alkanes of at least 4 members (excludes halogenated alkanes) is 26. The van der Waals surface area contributed by atoms with Crippen LogP contribution in [0.5, 0.6) is 0 Å². The van der Waals surface area contributed by atoms with Crippen molar-refractivity contribution in [2.24, 2.45) is 0 Å². The largest absolute Gasteiger partial charge is 0.509 e. The van der Waals surface area contributed by atoms with E-state index in [2.05, 4.69) is 32.7 Å². The summed E-state index contributed by atoms with van der Waals surface area (Å²) in [6.07, 6.45) is 17.4. The molecule has 17 heteroatoms. The van der Waals surface area contributed by atoms with Crippen molar-refractivity contribution in [3.63, 3.8) is 0 Å². The van der Waals surface area contributed by atoms with Crippen LogP contribution in [0.15, 0.2) is 73.3 Å². The maximum atomic E-state index is 16.9. The fourth-order valence-corrected chi connectivity index (χ4v) is 10.2. The fourth-order valence-electron chi connectivity index (χ4n) is 10.2. The number of carbonyl (C=O) groups is 5. The number of carbonyl (C=O) groups excluding carboxylic acids is 5. The van der Waals surface area contributed by atoms with Gasteiger partial charge in [0.1, 0.15) is 44.2 Å². The van der Waals surface area contributed by atoms with Crippen LogP contribution in [0.25, 0.3) is 0 Å². The van der Waals surface area contributed by atoms with Crippen LogP contribution < -0.4 is 5.32 Å². The highest BCUT2D eigenvalue weighted by atomic mass is 19.3. The second-order valence-corrected chi connectivity index (χ2v) is 22.5. The van der Waals surface area contributed by atoms with Crippen LogP contribution in [0.1, 0.15) is 244 Å². The molecule has 2 aromatic rings. The molecule has 0 saturated carbocycles. The van der Waals surface area contributed by atoms with Crippen LogP contribution in [0.4, 0.5) is 18.4 Å². The minimum absolute atomic E-state index is 0.139. The first-order chi connectivity index (χ1) is 40.8. The number of aliphatic hydroxyl groups is 1. The zero-order valence-electron chi connectivity index (χ0n) is 51.3. The van der Waals surface area contributed by atoms with Gasteiger partial charge in [-0.3, -0.25) is 14.4 Å². The van der Waals surface area contributed by atoms with Crippen molar-refractivity contribution in [1.29, 1.82) is 0 Å². The van der Waals surface area contributed by atoms with Crippen molar-refractivity contribution in [3.05, 3.63) is 84.4 Å². The van der Waals surface area contributed by atoms with Crippen LogP contribution in [0, 0.1) is 0 Å². The molecule has 1 unspecified atom stereocenters. The molecule has 1 saturated heterocycles. The quantitative estimate of drug-likeness (QED) is 0.0275. The minimum Gasteiger partial charge on any atom is -0.462 e. The molecule has 2 N–H and O–H groups in total. The van der Waals surface area contributed by atoms with Crippen LogP contribution in [-0.4, -0.2) is 97.3 Å². The molecule has 0 aliphatic carbocycles. The predicted molar refractivity (Wildman–Crippen MR) is 321 cm³/mol. The Morgan fingerprint density at radius 3 is 1.54 bits per heavy atom. The second kappa shape index (κ2) is 46.1. The van der Waals surface area contributed by atoms with Gasteiger partial charge >= 0.3 is 30.2 Å². The molecule has 0 bridgehead atoms. The summed E-state index contributed by atoms with van der Waals surface area (Å²) >= 11 is 0. The molecule has 15 nitrogen and oxygen atoms in total. The first-order valence-corrected chi connectivity index (χ1v) is 32.2. The molecule has 1 fully saturated rings. The lowest BCUT2D eigenvalue weighted by molar-refractivity contribution is -0.272. The summed E-state index contributed by atoms with van der Waals surface area (Å²) in [5, 5.41) is 14.3. The second-order valence-electron chi connectivity index (χ2n) is 22.5. The first kappa shape index (κ1) is 73.1. The van der Waals surface area contributed by atoms with Gasteiger partial charge in [0.05, 0.1) is 13.0 Å². The standard InChI is InChI=1S/C67H105F2NO14/c1-5-9-12-15-18-21-22-25-28-31-40-47-58(71)81-55(45-38-29-26-23-19-16-13-10-6-2)49-59(72)84-62-60(63(77-48-8-4)82-56(61(62)73)52-80-65(75)78-50-53-41-34-32-35-42-53)70-64(74)67(68,69)57(46-39-30-27-24-20-17-14-11-7-3)83-66(76)79-51-54-43-36-33-37-44-54/h8,32-37,41-44,55-57,60-63,73H,4-7,9-31,38-40,45-52H2,1-3H3,(H,70,74)/t55-,56-,57?,60-,61-,62-,63-/m1/s1. The Kier molecular flexibility index (Phi) is 40.2. The van der Waals surface area contributed by atoms with Crippen molar-refractivity contribution < 1.29 is 75.8 Å². The number of aliphatic hydroxyl groups excluding tert-OH is 1. The third kappa shape index (κ3) is 32.4. The highest BCUT2D eigenvalue weighted by Gasteiger charge is 2.55. The molecule has 1 aliphatic heterocycles. The molecular formula is C67H105F2NO14. The van der Waals surface area contributed by atoms with Gasteiger partial charge in [0.25, 0.3) is 5.91 Å². The average molecular weight is 1190 g/mol. The highest BCUT2D eigenvalue weighted by molar-refractivity contribution is 5.85. The number of rotatable bonds is 49. The Hall–Kier alpha value is -5.13. The maximum absolute atomic E-state index is 16.9. The van der Waals surface area contributed by atoms with Gasteiger partial charge in [-0.15, -0.1) is 6.58 Å². The van der Waals surface area contributed by atoms with Gasteiger partial charge in [0.2, 0.25) is 0 Å². The predicted octanol–water partition coefficient (Wildman–Crippen LogP) is 16.2. The van der Waals surface area contributed by atoms with E-state index in [1.54, 1.807) is 60.7 Å². The smallest absolute Gasteiger partial charge is 0.462 e. The number of benzene rings is 2. The van der Waals surface area contributed by atoms with E-state index >= 15 is 8.78 Å². The Balaban J connectivity index is 1.87. The maximum Gasteiger partial charge on any atom is 0.509 e. The molecule has 1 amide bonds. The van der Waals surface area contributed by atoms with Crippen LogP contribution in [0.3, 0.4) is 0 Å². The molecule has 476 valence electrons. The van der Waals surface area contributed by atoms with Crippen LogP contribution >= 0.6 is 0 Å². The van der Waals surface area contributed by atoms with E-state index in [0.717, 1.165) is 103 Å². The van der Waals surface area contributed by atoms with Crippen molar-refractivity contribution in [3.8, 4) is 0 Å². The SMILES string of the molecule is C=CCO[C@@H]1O[C@H](COC(=O)OCc2ccccc2)[C@@H](O)[C@H](OC(=O)C[C@@H](CCCCCCCCCCC)OC(=O)CCCCCCCCCCCCC)[C@H]1NC(=O)C(F)(F)C(CCCCCCCCCCC)OC(=O)OCc1ccccc1. The number of amides is 1. The first-order valence-electron chi connectivity index (χ1n) is 32.2. The van der Waals surface area contributed by atoms with Crippen LogP contribution in [-0.2, 0) is 65.5 Å². The number of alkyl halides is 2. The van der Waals surface area contributed by atoms with Gasteiger partial charge in [-0.25, -0.2) is 9.59 Å². The third-order valence-corrected chi connectivity index (χ3v) is 15.2. The van der Waals surface area contributed by atoms with Crippen LogP contribution in [0.2, 0.25) is 0 Å². The minimum atomic E-state index is -4.43. The van der Waals surface area contributed by atoms with E-state index < -0.39 is 98.4 Å². The van der Waals surface area contributed by atoms with Gasteiger partial charge < -0.3 is 48.3 Å². The summed E-state index contributed by atoms with van der Waals surface area (Å²) < 4.78 is 78.8. The van der Waals surface area contributed by atoms with E-state index in [-0.39, 0.29) is 32.7 Å². The van der Waals surface area contributed by atoms with Crippen molar-refractivity contribution in [2.75, 3.05) is 13.2 Å². The highest BCUT2D eigenvalue weighted by Crippen LogP contribution is 2.32. The summed E-state index contributed by atoms with van der Waals surface area (Å²) in [5.74, 6) is -7.82. The number of nitrogens with one attached hydrogen (secondary N) is 1. The van der Waals surface area contributed by atoms with E-state index in [9.17, 15) is 29.1 Å². The number of hydrogen-bond acceptors (Lipinski definition) is 14. The molecule has 1 aliphatic rings. The van der Waals surface area contributed by atoms with Gasteiger partial charge in [-0.05, 0) is 43.2 Å². The summed E-state index contributed by atoms with van der Waals surface area (Å²) in [7, 11) is 0. The Morgan fingerprint density at radius 1 is 0.595 bits per heavy atom. The van der Waals surface area contributed by atoms with E-state index in [4.69, 9.17) is 37.9 Å². The number of halogens is 2. The summed E-state index contributed by atoms with van der Waals surface area (Å²) in [5.41, 5.74) is 1.25. The molecule has 84 heavy (non-hydrogen) atoms. The number of ether oxygens (including phenoxy) is 8. The van der Waals surface area contributed by atoms with Gasteiger partial charge in [-0.2, -0.15) is 8.78 Å². The van der Waals surface area contributed by atoms with Crippen molar-refractivity contribution in [2.45, 2.75) is 295 Å². The fraction of sp³-hybridized carbons (Fsp3) is 0.716. The molecular weight excluding hydrogens is 1080 g/mol.